The van der Waals surface area contributed by atoms with Gasteiger partial charge in [-0.3, -0.25) is 4.90 Å². The lowest BCUT2D eigenvalue weighted by molar-refractivity contribution is 0.207. The first-order valence-corrected chi connectivity index (χ1v) is 5.51. The van der Waals surface area contributed by atoms with E-state index in [1.165, 1.54) is 6.42 Å². The Morgan fingerprint density at radius 3 is 3.13 bits per heavy atom. The molecule has 5 heteroatoms. The molecular weight excluding hydrogens is 192 g/mol. The number of aromatic nitrogens is 3. The van der Waals surface area contributed by atoms with Crippen LogP contribution in [0, 0.1) is 0 Å². The lowest BCUT2D eigenvalue weighted by Crippen LogP contribution is -2.26. The Labute approximate surface area is 89.7 Å². The van der Waals surface area contributed by atoms with Gasteiger partial charge in [-0.2, -0.15) is 0 Å². The molecule has 1 aliphatic heterocycles. The lowest BCUT2D eigenvalue weighted by Gasteiger charge is -2.22. The third-order valence-electron chi connectivity index (χ3n) is 3.01. The van der Waals surface area contributed by atoms with Crippen LogP contribution in [0.5, 0.6) is 0 Å². The van der Waals surface area contributed by atoms with Crippen LogP contribution in [0.25, 0.3) is 0 Å². The van der Waals surface area contributed by atoms with Crippen LogP contribution in [0.15, 0.2) is 6.33 Å². The number of aliphatic hydroxyl groups is 1. The van der Waals surface area contributed by atoms with Gasteiger partial charge in [-0.25, -0.2) is 0 Å². The molecule has 1 saturated heterocycles. The molecule has 84 valence electrons. The first-order chi connectivity index (χ1) is 7.33. The summed E-state index contributed by atoms with van der Waals surface area (Å²) in [5, 5.41) is 16.9. The van der Waals surface area contributed by atoms with E-state index in [2.05, 4.69) is 15.1 Å². The van der Waals surface area contributed by atoms with Crippen LogP contribution in [0.3, 0.4) is 0 Å². The summed E-state index contributed by atoms with van der Waals surface area (Å²) < 4.78 is 1.99. The second-order valence-electron chi connectivity index (χ2n) is 4.07. The van der Waals surface area contributed by atoms with E-state index in [9.17, 15) is 0 Å². The quantitative estimate of drug-likeness (QED) is 0.778. The summed E-state index contributed by atoms with van der Waals surface area (Å²) in [6.07, 6.45) is 4.95. The number of aliphatic hydroxyl groups excluding tert-OH is 1. The number of likely N-dealkylation sites (tertiary alicyclic amines) is 1. The largest absolute Gasteiger partial charge is 0.396 e. The van der Waals surface area contributed by atoms with Crippen molar-refractivity contribution in [1.82, 2.24) is 19.7 Å². The zero-order valence-electron chi connectivity index (χ0n) is 9.13. The van der Waals surface area contributed by atoms with Crippen LogP contribution in [-0.2, 0) is 7.05 Å². The van der Waals surface area contributed by atoms with Gasteiger partial charge in [0, 0.05) is 20.2 Å². The van der Waals surface area contributed by atoms with Crippen LogP contribution in [-0.4, -0.2) is 44.5 Å². The average Bonchev–Trinajstić information content (AvgIpc) is 2.82. The van der Waals surface area contributed by atoms with E-state index in [0.29, 0.717) is 6.04 Å². The van der Waals surface area contributed by atoms with Crippen LogP contribution in [0.2, 0.25) is 0 Å². The van der Waals surface area contributed by atoms with Crippen molar-refractivity contribution >= 4 is 0 Å². The highest BCUT2D eigenvalue weighted by Crippen LogP contribution is 2.29. The van der Waals surface area contributed by atoms with Crippen LogP contribution < -0.4 is 0 Å². The van der Waals surface area contributed by atoms with Gasteiger partial charge in [0.2, 0.25) is 0 Å². The summed E-state index contributed by atoms with van der Waals surface area (Å²) in [5.41, 5.74) is 0. The van der Waals surface area contributed by atoms with E-state index in [-0.39, 0.29) is 6.61 Å². The fourth-order valence-corrected chi connectivity index (χ4v) is 2.25. The van der Waals surface area contributed by atoms with E-state index >= 15 is 0 Å². The van der Waals surface area contributed by atoms with Gasteiger partial charge in [-0.1, -0.05) is 0 Å². The van der Waals surface area contributed by atoms with Crippen LogP contribution in [0.1, 0.15) is 31.1 Å². The molecule has 1 aliphatic rings. The lowest BCUT2D eigenvalue weighted by atomic mass is 10.2. The van der Waals surface area contributed by atoms with Crippen molar-refractivity contribution in [3.63, 3.8) is 0 Å². The Balaban J connectivity index is 2.04. The highest BCUT2D eigenvalue weighted by Gasteiger charge is 2.28. The third kappa shape index (κ3) is 2.18. The maximum Gasteiger partial charge on any atom is 0.149 e. The Bertz CT molecular complexity index is 312. The molecule has 0 saturated carbocycles. The topological polar surface area (TPSA) is 54.2 Å². The van der Waals surface area contributed by atoms with E-state index in [4.69, 9.17) is 5.11 Å². The molecule has 0 bridgehead atoms. The zero-order chi connectivity index (χ0) is 10.7. The standard InChI is InChI=1S/C10H18N4O/c1-13-8-11-12-10(13)9-4-2-5-14(9)6-3-7-15/h8-9,15H,2-7H2,1H3. The van der Waals surface area contributed by atoms with E-state index in [1.54, 1.807) is 6.33 Å². The second kappa shape index (κ2) is 4.72. The second-order valence-corrected chi connectivity index (χ2v) is 4.07. The summed E-state index contributed by atoms with van der Waals surface area (Å²) in [6, 6.07) is 0.393. The van der Waals surface area contributed by atoms with E-state index < -0.39 is 0 Å². The molecular formula is C10H18N4O. The predicted octanol–water partition coefficient (Wildman–Crippen LogP) is 0.334. The summed E-state index contributed by atoms with van der Waals surface area (Å²) in [7, 11) is 1.98. The maximum absolute atomic E-state index is 8.84. The van der Waals surface area contributed by atoms with Gasteiger partial charge in [0.15, 0.2) is 0 Å². The van der Waals surface area contributed by atoms with E-state index in [0.717, 1.165) is 31.8 Å². The van der Waals surface area contributed by atoms with Crippen molar-refractivity contribution in [3.05, 3.63) is 12.2 Å². The van der Waals surface area contributed by atoms with Gasteiger partial charge in [-0.15, -0.1) is 10.2 Å². The minimum atomic E-state index is 0.266. The molecule has 1 N–H and O–H groups in total. The summed E-state index contributed by atoms with van der Waals surface area (Å²) >= 11 is 0. The summed E-state index contributed by atoms with van der Waals surface area (Å²) in [6.45, 7) is 2.33. The van der Waals surface area contributed by atoms with E-state index in [1.807, 2.05) is 11.6 Å². The van der Waals surface area contributed by atoms with Gasteiger partial charge >= 0.3 is 0 Å². The molecule has 1 aromatic rings. The SMILES string of the molecule is Cn1cnnc1C1CCCN1CCCO. The smallest absolute Gasteiger partial charge is 0.149 e. The Morgan fingerprint density at radius 2 is 2.47 bits per heavy atom. The van der Waals surface area contributed by atoms with Crippen LogP contribution in [0.4, 0.5) is 0 Å². The molecule has 1 fully saturated rings. The molecule has 0 aliphatic carbocycles. The summed E-state index contributed by atoms with van der Waals surface area (Å²) in [4.78, 5) is 2.39. The molecule has 2 rings (SSSR count). The minimum absolute atomic E-state index is 0.266. The summed E-state index contributed by atoms with van der Waals surface area (Å²) in [5.74, 6) is 1.05. The van der Waals surface area contributed by atoms with Crippen molar-refractivity contribution in [2.45, 2.75) is 25.3 Å². The highest BCUT2D eigenvalue weighted by molar-refractivity contribution is 4.98. The van der Waals surface area contributed by atoms with Gasteiger partial charge in [0.05, 0.1) is 6.04 Å². The van der Waals surface area contributed by atoms with Crippen molar-refractivity contribution in [2.75, 3.05) is 19.7 Å². The normalized spacial score (nSPS) is 22.4. The van der Waals surface area contributed by atoms with Gasteiger partial charge in [0.1, 0.15) is 12.2 Å². The maximum atomic E-state index is 8.84. The Hall–Kier alpha value is -0.940. The minimum Gasteiger partial charge on any atom is -0.396 e. The molecule has 0 aromatic carbocycles. The fourth-order valence-electron chi connectivity index (χ4n) is 2.25. The Kier molecular flexibility index (Phi) is 3.33. The van der Waals surface area contributed by atoms with Crippen molar-refractivity contribution in [1.29, 1.82) is 0 Å². The number of hydrogen-bond acceptors (Lipinski definition) is 4. The molecule has 1 unspecified atom stereocenters. The van der Waals surface area contributed by atoms with Gasteiger partial charge in [0.25, 0.3) is 0 Å². The number of nitrogens with zero attached hydrogens (tertiary/aromatic N) is 4. The monoisotopic (exact) mass is 210 g/mol. The molecule has 0 amide bonds. The van der Waals surface area contributed by atoms with Crippen molar-refractivity contribution < 1.29 is 5.11 Å². The molecule has 1 aromatic heterocycles. The Morgan fingerprint density at radius 1 is 1.60 bits per heavy atom. The predicted molar refractivity (Wildman–Crippen MR) is 56.3 cm³/mol. The third-order valence-corrected chi connectivity index (χ3v) is 3.01. The average molecular weight is 210 g/mol. The molecule has 2 heterocycles. The first-order valence-electron chi connectivity index (χ1n) is 5.51. The number of rotatable bonds is 4. The highest BCUT2D eigenvalue weighted by atomic mass is 16.3. The van der Waals surface area contributed by atoms with Crippen molar-refractivity contribution in [2.24, 2.45) is 7.05 Å². The van der Waals surface area contributed by atoms with Crippen LogP contribution >= 0.6 is 0 Å². The molecule has 0 radical (unpaired) electrons. The van der Waals surface area contributed by atoms with Gasteiger partial charge < -0.3 is 9.67 Å². The fraction of sp³-hybridized carbons (Fsp3) is 0.800. The first kappa shape index (κ1) is 10.6. The molecule has 1 atom stereocenters. The molecule has 5 nitrogen and oxygen atoms in total. The number of hydrogen-bond donors (Lipinski definition) is 1. The molecule has 15 heavy (non-hydrogen) atoms. The molecule has 0 spiro atoms. The zero-order valence-corrected chi connectivity index (χ0v) is 9.13. The number of aryl methyl sites for hydroxylation is 1. The van der Waals surface area contributed by atoms with Gasteiger partial charge in [-0.05, 0) is 25.8 Å². The van der Waals surface area contributed by atoms with Crippen molar-refractivity contribution in [3.8, 4) is 0 Å².